The number of hydrogen-bond donors (Lipinski definition) is 0. The van der Waals surface area contributed by atoms with E-state index in [1.165, 1.54) is 11.3 Å². The molecule has 4 aromatic rings. The Balaban J connectivity index is 1.57. The molecule has 1 aliphatic heterocycles. The molecule has 1 aliphatic rings. The molecule has 0 bridgehead atoms. The van der Waals surface area contributed by atoms with Gasteiger partial charge in [0, 0.05) is 20.1 Å². The maximum Gasteiger partial charge on any atom is 0.338 e. The molecule has 0 amide bonds. The smallest absolute Gasteiger partial charge is 0.338 e. The van der Waals surface area contributed by atoms with Crippen molar-refractivity contribution >= 4 is 62.5 Å². The van der Waals surface area contributed by atoms with Crippen LogP contribution >= 0.6 is 50.5 Å². The first-order chi connectivity index (χ1) is 22.0. The van der Waals surface area contributed by atoms with Gasteiger partial charge in [0.2, 0.25) is 0 Å². The van der Waals surface area contributed by atoms with Gasteiger partial charge in [0.05, 0.1) is 41.7 Å². The molecule has 0 saturated carbocycles. The third-order valence-electron chi connectivity index (χ3n) is 7.06. The van der Waals surface area contributed by atoms with Crippen LogP contribution in [0.3, 0.4) is 0 Å². The highest BCUT2D eigenvalue weighted by Gasteiger charge is 2.34. The second-order valence-electron chi connectivity index (χ2n) is 10.6. The maximum absolute atomic E-state index is 14.1. The number of nitrogens with zero attached hydrogens (tertiary/aromatic N) is 2. The molecular formula is C34H31BrCl2N2O6S. The zero-order valence-electron chi connectivity index (χ0n) is 25.7. The maximum atomic E-state index is 14.1. The molecule has 5 rings (SSSR count). The van der Waals surface area contributed by atoms with E-state index in [0.717, 1.165) is 11.1 Å². The van der Waals surface area contributed by atoms with Gasteiger partial charge in [-0.15, -0.1) is 0 Å². The zero-order valence-corrected chi connectivity index (χ0v) is 29.6. The molecule has 0 aliphatic carbocycles. The predicted molar refractivity (Wildman–Crippen MR) is 184 cm³/mol. The van der Waals surface area contributed by atoms with Crippen LogP contribution in [0.4, 0.5) is 0 Å². The minimum atomic E-state index is -0.742. The van der Waals surface area contributed by atoms with Crippen molar-refractivity contribution in [2.24, 2.45) is 4.99 Å². The number of thiazole rings is 1. The van der Waals surface area contributed by atoms with Gasteiger partial charge in [0.15, 0.2) is 16.3 Å². The molecule has 2 heterocycles. The predicted octanol–water partition coefficient (Wildman–Crippen LogP) is 7.24. The fourth-order valence-electron chi connectivity index (χ4n) is 4.96. The number of esters is 1. The summed E-state index contributed by atoms with van der Waals surface area (Å²) in [6.45, 7) is 7.94. The summed E-state index contributed by atoms with van der Waals surface area (Å²) in [5.41, 5.74) is 2.68. The van der Waals surface area contributed by atoms with Gasteiger partial charge in [-0.25, -0.2) is 9.79 Å². The van der Waals surface area contributed by atoms with E-state index in [1.807, 2.05) is 31.2 Å². The third-order valence-corrected chi connectivity index (χ3v) is 9.32. The Hall–Kier alpha value is -3.57. The van der Waals surface area contributed by atoms with E-state index in [4.69, 9.17) is 42.1 Å². The number of methoxy groups -OCH3 is 1. The summed E-state index contributed by atoms with van der Waals surface area (Å²) in [6, 6.07) is 15.4. The number of rotatable bonds is 10. The summed E-state index contributed by atoms with van der Waals surface area (Å²) in [5, 5.41) is 1.04. The second kappa shape index (κ2) is 14.5. The van der Waals surface area contributed by atoms with E-state index in [2.05, 4.69) is 20.9 Å². The van der Waals surface area contributed by atoms with Crippen molar-refractivity contribution in [2.75, 3.05) is 13.7 Å². The highest BCUT2D eigenvalue weighted by molar-refractivity contribution is 9.10. The SMILES string of the molecule is CCOc1ccc([C@@H]2C(C(=O)OC(C)C)=C(C)N=c3s/c(=C/c4cc(OC)c(OCc5ccc(Cl)cc5Cl)cc4Br)c(=O)n32)cc1. The van der Waals surface area contributed by atoms with Gasteiger partial charge in [-0.05, 0) is 81.3 Å². The lowest BCUT2D eigenvalue weighted by molar-refractivity contribution is -0.143. The van der Waals surface area contributed by atoms with Crippen LogP contribution in [0.2, 0.25) is 10.0 Å². The molecule has 1 aromatic heterocycles. The van der Waals surface area contributed by atoms with Gasteiger partial charge in [0.25, 0.3) is 5.56 Å². The molecule has 0 N–H and O–H groups in total. The molecule has 1 atom stereocenters. The number of carbonyl (C=O) groups is 1. The van der Waals surface area contributed by atoms with Crippen molar-refractivity contribution in [3.8, 4) is 17.2 Å². The van der Waals surface area contributed by atoms with Crippen LogP contribution < -0.4 is 29.1 Å². The summed E-state index contributed by atoms with van der Waals surface area (Å²) in [4.78, 5) is 32.6. The largest absolute Gasteiger partial charge is 0.494 e. The molecule has 12 heteroatoms. The van der Waals surface area contributed by atoms with Gasteiger partial charge in [-0.3, -0.25) is 9.36 Å². The molecule has 46 heavy (non-hydrogen) atoms. The molecular weight excluding hydrogens is 715 g/mol. The van der Waals surface area contributed by atoms with Gasteiger partial charge in [-0.2, -0.15) is 0 Å². The Bertz CT molecular complexity index is 2000. The number of benzene rings is 3. The van der Waals surface area contributed by atoms with E-state index in [1.54, 1.807) is 68.9 Å². The van der Waals surface area contributed by atoms with Crippen LogP contribution in [0.5, 0.6) is 17.2 Å². The lowest BCUT2D eigenvalue weighted by atomic mass is 9.96. The van der Waals surface area contributed by atoms with Crippen molar-refractivity contribution in [3.63, 3.8) is 0 Å². The first-order valence-corrected chi connectivity index (χ1v) is 16.8. The number of allylic oxidation sites excluding steroid dienone is 1. The Morgan fingerprint density at radius 3 is 2.48 bits per heavy atom. The number of hydrogen-bond acceptors (Lipinski definition) is 8. The van der Waals surface area contributed by atoms with Crippen LogP contribution in [0.25, 0.3) is 6.08 Å². The number of fused-ring (bicyclic) bond motifs is 1. The summed E-state index contributed by atoms with van der Waals surface area (Å²) in [5.74, 6) is 1.12. The molecule has 240 valence electrons. The Morgan fingerprint density at radius 1 is 1.09 bits per heavy atom. The lowest BCUT2D eigenvalue weighted by Gasteiger charge is -2.25. The number of aromatic nitrogens is 1. The summed E-state index contributed by atoms with van der Waals surface area (Å²) >= 11 is 17.2. The molecule has 0 unspecified atom stereocenters. The van der Waals surface area contributed by atoms with Crippen LogP contribution in [-0.4, -0.2) is 30.4 Å². The fourth-order valence-corrected chi connectivity index (χ4v) is 6.90. The fraction of sp³-hybridized carbons (Fsp3) is 0.265. The lowest BCUT2D eigenvalue weighted by Crippen LogP contribution is -2.40. The van der Waals surface area contributed by atoms with Crippen molar-refractivity contribution in [1.82, 2.24) is 4.57 Å². The van der Waals surface area contributed by atoms with E-state index in [-0.39, 0.29) is 18.3 Å². The van der Waals surface area contributed by atoms with E-state index >= 15 is 0 Å². The molecule has 8 nitrogen and oxygen atoms in total. The number of halogens is 3. The quantitative estimate of drug-likeness (QED) is 0.159. The zero-order chi connectivity index (χ0) is 33.1. The molecule has 0 saturated heterocycles. The first-order valence-electron chi connectivity index (χ1n) is 14.4. The number of ether oxygens (including phenoxy) is 4. The van der Waals surface area contributed by atoms with E-state index in [0.29, 0.717) is 64.5 Å². The second-order valence-corrected chi connectivity index (χ2v) is 13.3. The van der Waals surface area contributed by atoms with Crippen molar-refractivity contribution in [1.29, 1.82) is 0 Å². The molecule has 0 spiro atoms. The molecule has 0 fully saturated rings. The van der Waals surface area contributed by atoms with Crippen molar-refractivity contribution in [3.05, 3.63) is 117 Å². The van der Waals surface area contributed by atoms with Gasteiger partial charge in [-0.1, -0.05) is 68.7 Å². The van der Waals surface area contributed by atoms with Crippen molar-refractivity contribution < 1.29 is 23.7 Å². The Morgan fingerprint density at radius 2 is 1.83 bits per heavy atom. The van der Waals surface area contributed by atoms with Gasteiger partial charge >= 0.3 is 5.97 Å². The van der Waals surface area contributed by atoms with Crippen LogP contribution in [-0.2, 0) is 16.1 Å². The number of carbonyl (C=O) groups excluding carboxylic acids is 1. The summed E-state index contributed by atoms with van der Waals surface area (Å²) in [6.07, 6.45) is 1.41. The highest BCUT2D eigenvalue weighted by Crippen LogP contribution is 2.36. The summed E-state index contributed by atoms with van der Waals surface area (Å²) in [7, 11) is 1.54. The Kier molecular flexibility index (Phi) is 10.6. The first kappa shape index (κ1) is 33.8. The topological polar surface area (TPSA) is 88.4 Å². The minimum absolute atomic E-state index is 0.198. The van der Waals surface area contributed by atoms with Crippen LogP contribution in [0.15, 0.2) is 80.1 Å². The van der Waals surface area contributed by atoms with Crippen LogP contribution in [0.1, 0.15) is 50.4 Å². The van der Waals surface area contributed by atoms with E-state index < -0.39 is 12.0 Å². The highest BCUT2D eigenvalue weighted by atomic mass is 79.9. The average molecular weight is 747 g/mol. The average Bonchev–Trinajstić information content (AvgIpc) is 3.31. The Labute approximate surface area is 288 Å². The third kappa shape index (κ3) is 7.20. The van der Waals surface area contributed by atoms with Gasteiger partial charge in [0.1, 0.15) is 12.4 Å². The molecule has 3 aromatic carbocycles. The monoisotopic (exact) mass is 744 g/mol. The van der Waals surface area contributed by atoms with Gasteiger partial charge < -0.3 is 18.9 Å². The van der Waals surface area contributed by atoms with Crippen LogP contribution in [0, 0.1) is 0 Å². The van der Waals surface area contributed by atoms with Crippen molar-refractivity contribution in [2.45, 2.75) is 46.4 Å². The standard InChI is InChI=1S/C34H31BrCl2N2O6S/c1-6-43-24-11-8-20(9-12-24)31-30(33(41)45-18(2)3)19(4)38-34-39(31)32(40)29(46-34)14-22-13-27(42-5)28(16-25(22)35)44-17-21-7-10-23(36)15-26(21)37/h7-16,18,31H,6,17H2,1-5H3/b29-14+/t31-/m1/s1. The normalized spacial score (nSPS) is 14.6. The summed E-state index contributed by atoms with van der Waals surface area (Å²) < 4.78 is 25.5. The minimum Gasteiger partial charge on any atom is -0.494 e. The molecule has 0 radical (unpaired) electrons. The van der Waals surface area contributed by atoms with E-state index in [9.17, 15) is 9.59 Å².